The summed E-state index contributed by atoms with van der Waals surface area (Å²) in [6.07, 6.45) is 3.31. The second-order valence-electron chi connectivity index (χ2n) is 3.55. The molecule has 0 bridgehead atoms. The molecular formula is C12H16N2O3. The zero-order chi connectivity index (χ0) is 12.8. The summed E-state index contributed by atoms with van der Waals surface area (Å²) in [6.45, 7) is 6.02. The molecule has 5 nitrogen and oxygen atoms in total. The molecule has 0 aromatic carbocycles. The van der Waals surface area contributed by atoms with Gasteiger partial charge in [-0.05, 0) is 19.1 Å². The molecule has 0 atom stereocenters. The Hall–Kier alpha value is -2.04. The first-order valence-corrected chi connectivity index (χ1v) is 5.37. The maximum atomic E-state index is 12.1. The molecule has 0 radical (unpaired) electrons. The van der Waals surface area contributed by atoms with E-state index in [9.17, 15) is 9.59 Å². The number of carboxylic acid groups (broad SMARTS) is 1. The number of aliphatic carboxylic acids is 1. The highest BCUT2D eigenvalue weighted by molar-refractivity contribution is 5.94. The monoisotopic (exact) mass is 236 g/mol. The highest BCUT2D eigenvalue weighted by atomic mass is 16.4. The molecule has 1 heterocycles. The van der Waals surface area contributed by atoms with E-state index in [-0.39, 0.29) is 19.0 Å². The minimum Gasteiger partial charge on any atom is -0.480 e. The lowest BCUT2D eigenvalue weighted by molar-refractivity contribution is -0.137. The number of amides is 1. The molecule has 1 rings (SSSR count). The molecule has 0 spiro atoms. The smallest absolute Gasteiger partial charge is 0.323 e. The van der Waals surface area contributed by atoms with Crippen LogP contribution in [0, 0.1) is 0 Å². The predicted octanol–water partition coefficient (Wildman–Crippen LogP) is 1.22. The van der Waals surface area contributed by atoms with Crippen LogP contribution in [0.25, 0.3) is 0 Å². The van der Waals surface area contributed by atoms with E-state index in [1.807, 2.05) is 6.92 Å². The van der Waals surface area contributed by atoms with Gasteiger partial charge in [-0.1, -0.05) is 6.08 Å². The van der Waals surface area contributed by atoms with Gasteiger partial charge in [0.2, 0.25) is 0 Å². The summed E-state index contributed by atoms with van der Waals surface area (Å²) in [5, 5.41) is 8.75. The van der Waals surface area contributed by atoms with Crippen molar-refractivity contribution in [3.05, 3.63) is 36.7 Å². The number of nitrogens with zero attached hydrogens (tertiary/aromatic N) is 2. The average Bonchev–Trinajstić information content (AvgIpc) is 2.74. The molecule has 0 saturated carbocycles. The van der Waals surface area contributed by atoms with Gasteiger partial charge in [0.15, 0.2) is 0 Å². The summed E-state index contributed by atoms with van der Waals surface area (Å²) < 4.78 is 1.78. The summed E-state index contributed by atoms with van der Waals surface area (Å²) in [6, 6.07) is 3.45. The Morgan fingerprint density at radius 2 is 2.29 bits per heavy atom. The van der Waals surface area contributed by atoms with Crippen molar-refractivity contribution < 1.29 is 14.7 Å². The fourth-order valence-electron chi connectivity index (χ4n) is 1.58. The van der Waals surface area contributed by atoms with Crippen molar-refractivity contribution in [1.29, 1.82) is 0 Å². The van der Waals surface area contributed by atoms with Gasteiger partial charge in [-0.15, -0.1) is 6.58 Å². The first-order valence-electron chi connectivity index (χ1n) is 5.37. The van der Waals surface area contributed by atoms with Crippen molar-refractivity contribution >= 4 is 11.9 Å². The molecule has 92 valence electrons. The van der Waals surface area contributed by atoms with Crippen LogP contribution in [-0.2, 0) is 11.3 Å². The average molecular weight is 236 g/mol. The van der Waals surface area contributed by atoms with Crippen molar-refractivity contribution in [3.8, 4) is 0 Å². The molecule has 0 aliphatic carbocycles. The van der Waals surface area contributed by atoms with E-state index in [2.05, 4.69) is 6.58 Å². The largest absolute Gasteiger partial charge is 0.480 e. The summed E-state index contributed by atoms with van der Waals surface area (Å²) in [5.74, 6) is -1.33. The topological polar surface area (TPSA) is 62.5 Å². The summed E-state index contributed by atoms with van der Waals surface area (Å²) in [4.78, 5) is 24.0. The van der Waals surface area contributed by atoms with E-state index in [0.717, 1.165) is 0 Å². The number of aryl methyl sites for hydroxylation is 1. The third-order valence-corrected chi connectivity index (χ3v) is 2.35. The van der Waals surface area contributed by atoms with E-state index in [4.69, 9.17) is 5.11 Å². The van der Waals surface area contributed by atoms with Crippen LogP contribution in [0.5, 0.6) is 0 Å². The maximum Gasteiger partial charge on any atom is 0.323 e. The van der Waals surface area contributed by atoms with Gasteiger partial charge in [0, 0.05) is 19.3 Å². The van der Waals surface area contributed by atoms with Crippen molar-refractivity contribution in [1.82, 2.24) is 9.47 Å². The second-order valence-corrected chi connectivity index (χ2v) is 3.55. The van der Waals surface area contributed by atoms with Crippen LogP contribution in [0.3, 0.4) is 0 Å². The minimum atomic E-state index is -1.03. The third kappa shape index (κ3) is 3.21. The highest BCUT2D eigenvalue weighted by Gasteiger charge is 2.19. The van der Waals surface area contributed by atoms with E-state index in [1.54, 1.807) is 22.9 Å². The van der Waals surface area contributed by atoms with Gasteiger partial charge in [-0.2, -0.15) is 0 Å². The number of carbonyl (C=O) groups excluding carboxylic acids is 1. The third-order valence-electron chi connectivity index (χ3n) is 2.35. The van der Waals surface area contributed by atoms with E-state index < -0.39 is 5.97 Å². The Morgan fingerprint density at radius 3 is 2.82 bits per heavy atom. The molecule has 5 heteroatoms. The van der Waals surface area contributed by atoms with Gasteiger partial charge >= 0.3 is 5.97 Å². The molecule has 1 aromatic heterocycles. The number of hydrogen-bond acceptors (Lipinski definition) is 2. The molecule has 17 heavy (non-hydrogen) atoms. The number of carbonyl (C=O) groups is 2. The van der Waals surface area contributed by atoms with Gasteiger partial charge in [0.25, 0.3) is 5.91 Å². The lowest BCUT2D eigenvalue weighted by Crippen LogP contribution is -2.36. The fraction of sp³-hybridized carbons (Fsp3) is 0.333. The Labute approximate surface area is 100.0 Å². The van der Waals surface area contributed by atoms with Crippen LogP contribution in [0.2, 0.25) is 0 Å². The highest BCUT2D eigenvalue weighted by Crippen LogP contribution is 2.07. The Bertz CT molecular complexity index is 423. The molecular weight excluding hydrogens is 220 g/mol. The molecule has 1 aromatic rings. The van der Waals surface area contributed by atoms with Crippen LogP contribution in [0.15, 0.2) is 31.0 Å². The lowest BCUT2D eigenvalue weighted by Gasteiger charge is -2.19. The molecule has 0 saturated heterocycles. The van der Waals surface area contributed by atoms with Gasteiger partial charge < -0.3 is 14.6 Å². The van der Waals surface area contributed by atoms with Gasteiger partial charge in [-0.25, -0.2) is 0 Å². The van der Waals surface area contributed by atoms with Gasteiger partial charge in [0.05, 0.1) is 0 Å². The molecule has 0 aliphatic rings. The van der Waals surface area contributed by atoms with Crippen molar-refractivity contribution in [2.45, 2.75) is 13.5 Å². The Kier molecular flexibility index (Phi) is 4.51. The van der Waals surface area contributed by atoms with Crippen LogP contribution < -0.4 is 0 Å². The minimum absolute atomic E-state index is 0.222. The summed E-state index contributed by atoms with van der Waals surface area (Å²) >= 11 is 0. The number of aromatic nitrogens is 1. The quantitative estimate of drug-likeness (QED) is 0.755. The predicted molar refractivity (Wildman–Crippen MR) is 63.8 cm³/mol. The van der Waals surface area contributed by atoms with E-state index in [1.165, 1.54) is 11.0 Å². The first kappa shape index (κ1) is 13.0. The van der Waals surface area contributed by atoms with Gasteiger partial charge in [-0.3, -0.25) is 9.59 Å². The molecule has 1 N–H and O–H groups in total. The lowest BCUT2D eigenvalue weighted by atomic mass is 10.3. The van der Waals surface area contributed by atoms with Crippen LogP contribution >= 0.6 is 0 Å². The van der Waals surface area contributed by atoms with Crippen molar-refractivity contribution in [2.24, 2.45) is 0 Å². The maximum absolute atomic E-state index is 12.1. The number of rotatable bonds is 6. The molecule has 0 unspecified atom stereocenters. The van der Waals surface area contributed by atoms with Crippen molar-refractivity contribution in [3.63, 3.8) is 0 Å². The second kappa shape index (κ2) is 5.89. The van der Waals surface area contributed by atoms with Crippen LogP contribution in [-0.4, -0.2) is 39.5 Å². The fourth-order valence-corrected chi connectivity index (χ4v) is 1.58. The van der Waals surface area contributed by atoms with Crippen LogP contribution in [0.4, 0.5) is 0 Å². The zero-order valence-corrected chi connectivity index (χ0v) is 9.80. The van der Waals surface area contributed by atoms with E-state index in [0.29, 0.717) is 12.2 Å². The normalized spacial score (nSPS) is 9.94. The Morgan fingerprint density at radius 1 is 1.59 bits per heavy atom. The number of carboxylic acids is 1. The summed E-state index contributed by atoms with van der Waals surface area (Å²) in [5.41, 5.74) is 0.496. The van der Waals surface area contributed by atoms with Crippen LogP contribution in [0.1, 0.15) is 17.4 Å². The number of hydrogen-bond donors (Lipinski definition) is 1. The van der Waals surface area contributed by atoms with Gasteiger partial charge in [0.1, 0.15) is 12.2 Å². The first-order chi connectivity index (χ1) is 8.10. The standard InChI is InChI=1S/C12H16N2O3/c1-3-7-14(9-11(15)16)12(17)10-6-5-8-13(10)4-2/h3,5-6,8H,1,4,7,9H2,2H3,(H,15,16). The van der Waals surface area contributed by atoms with Crippen molar-refractivity contribution in [2.75, 3.05) is 13.1 Å². The SMILES string of the molecule is C=CCN(CC(=O)O)C(=O)c1cccn1CC. The zero-order valence-electron chi connectivity index (χ0n) is 9.80. The summed E-state index contributed by atoms with van der Waals surface area (Å²) in [7, 11) is 0. The van der Waals surface area contributed by atoms with E-state index >= 15 is 0 Å². The molecule has 0 fully saturated rings. The molecule has 0 aliphatic heterocycles. The Balaban J connectivity index is 2.90. The molecule has 1 amide bonds.